The molecule has 0 unspecified atom stereocenters. The molecule has 0 radical (unpaired) electrons. The second-order valence-corrected chi connectivity index (χ2v) is 3.93. The molecular formula is C12H24O3. The van der Waals surface area contributed by atoms with Gasteiger partial charge in [-0.2, -0.15) is 0 Å². The van der Waals surface area contributed by atoms with Gasteiger partial charge in [0.15, 0.2) is 0 Å². The molecule has 0 aliphatic carbocycles. The molecule has 0 aromatic rings. The lowest BCUT2D eigenvalue weighted by Gasteiger charge is -2.31. The third kappa shape index (κ3) is 5.78. The molecule has 0 saturated carbocycles. The third-order valence-electron chi connectivity index (χ3n) is 2.45. The van der Waals surface area contributed by atoms with Gasteiger partial charge in [-0.05, 0) is 25.7 Å². The molecule has 3 atom stereocenters. The SMILES string of the molecule is CC.COC(=O)C[C@@H]1C[C@H](C)C[C@H](C)O1. The molecule has 0 aromatic carbocycles. The zero-order chi connectivity index (χ0) is 11.8. The summed E-state index contributed by atoms with van der Waals surface area (Å²) in [7, 11) is 1.41. The van der Waals surface area contributed by atoms with Crippen LogP contribution in [-0.4, -0.2) is 25.3 Å². The van der Waals surface area contributed by atoms with Gasteiger partial charge in [-0.3, -0.25) is 4.79 Å². The maximum absolute atomic E-state index is 11.0. The Morgan fingerprint density at radius 2 is 1.93 bits per heavy atom. The highest BCUT2D eigenvalue weighted by molar-refractivity contribution is 5.69. The van der Waals surface area contributed by atoms with Crippen LogP contribution >= 0.6 is 0 Å². The molecular weight excluding hydrogens is 192 g/mol. The van der Waals surface area contributed by atoms with Crippen molar-refractivity contribution in [3.63, 3.8) is 0 Å². The lowest BCUT2D eigenvalue weighted by atomic mass is 9.93. The quantitative estimate of drug-likeness (QED) is 0.666. The number of methoxy groups -OCH3 is 1. The van der Waals surface area contributed by atoms with E-state index < -0.39 is 0 Å². The van der Waals surface area contributed by atoms with Gasteiger partial charge in [0.05, 0.1) is 25.7 Å². The fourth-order valence-corrected chi connectivity index (χ4v) is 1.95. The number of carbonyl (C=O) groups is 1. The lowest BCUT2D eigenvalue weighted by Crippen LogP contribution is -2.31. The molecule has 0 bridgehead atoms. The molecule has 0 aromatic heterocycles. The smallest absolute Gasteiger partial charge is 0.308 e. The van der Waals surface area contributed by atoms with Crippen LogP contribution in [0.15, 0.2) is 0 Å². The Labute approximate surface area is 93.1 Å². The van der Waals surface area contributed by atoms with Gasteiger partial charge in [-0.15, -0.1) is 0 Å². The van der Waals surface area contributed by atoms with Crippen LogP contribution in [0, 0.1) is 5.92 Å². The third-order valence-corrected chi connectivity index (χ3v) is 2.45. The summed E-state index contributed by atoms with van der Waals surface area (Å²) in [5.74, 6) is 0.477. The molecule has 1 saturated heterocycles. The molecule has 1 fully saturated rings. The Morgan fingerprint density at radius 3 is 2.40 bits per heavy atom. The van der Waals surface area contributed by atoms with E-state index in [0.717, 1.165) is 12.8 Å². The highest BCUT2D eigenvalue weighted by Gasteiger charge is 2.26. The number of esters is 1. The standard InChI is InChI=1S/C10H18O3.C2H6/c1-7-4-8(2)13-9(5-7)6-10(11)12-3;1-2/h7-9H,4-6H2,1-3H3;1-2H3/t7-,8+,9+;/m1./s1. The molecule has 1 rings (SSSR count). The zero-order valence-corrected chi connectivity index (χ0v) is 10.6. The molecule has 90 valence electrons. The van der Waals surface area contributed by atoms with Crippen molar-refractivity contribution in [3.8, 4) is 0 Å². The van der Waals surface area contributed by atoms with E-state index in [2.05, 4.69) is 18.6 Å². The van der Waals surface area contributed by atoms with E-state index in [0.29, 0.717) is 12.3 Å². The first kappa shape index (κ1) is 14.4. The molecule has 1 aliphatic rings. The first-order valence-corrected chi connectivity index (χ1v) is 5.84. The van der Waals surface area contributed by atoms with Crippen molar-refractivity contribution in [1.29, 1.82) is 0 Å². The van der Waals surface area contributed by atoms with Gasteiger partial charge >= 0.3 is 5.97 Å². The normalized spacial score (nSPS) is 30.1. The van der Waals surface area contributed by atoms with E-state index in [4.69, 9.17) is 4.74 Å². The number of ether oxygens (including phenoxy) is 2. The number of rotatable bonds is 2. The van der Waals surface area contributed by atoms with E-state index in [-0.39, 0.29) is 18.2 Å². The van der Waals surface area contributed by atoms with Gasteiger partial charge in [-0.1, -0.05) is 20.8 Å². The Hall–Kier alpha value is -0.570. The van der Waals surface area contributed by atoms with Crippen LogP contribution in [0.4, 0.5) is 0 Å². The first-order chi connectivity index (χ1) is 7.11. The molecule has 15 heavy (non-hydrogen) atoms. The van der Waals surface area contributed by atoms with Crippen molar-refractivity contribution in [2.45, 2.75) is 59.2 Å². The van der Waals surface area contributed by atoms with Crippen molar-refractivity contribution in [1.82, 2.24) is 0 Å². The fraction of sp³-hybridized carbons (Fsp3) is 0.917. The predicted octanol–water partition coefficient (Wildman–Crippen LogP) is 2.78. The van der Waals surface area contributed by atoms with E-state index in [1.165, 1.54) is 7.11 Å². The summed E-state index contributed by atoms with van der Waals surface area (Å²) in [6.07, 6.45) is 2.80. The van der Waals surface area contributed by atoms with E-state index in [1.54, 1.807) is 0 Å². The van der Waals surface area contributed by atoms with Gasteiger partial charge in [0.25, 0.3) is 0 Å². The zero-order valence-electron chi connectivity index (χ0n) is 10.6. The van der Waals surface area contributed by atoms with Crippen LogP contribution in [-0.2, 0) is 14.3 Å². The maximum Gasteiger partial charge on any atom is 0.308 e. The van der Waals surface area contributed by atoms with Gasteiger partial charge in [0.2, 0.25) is 0 Å². The van der Waals surface area contributed by atoms with Crippen LogP contribution in [0.5, 0.6) is 0 Å². The van der Waals surface area contributed by atoms with E-state index in [1.807, 2.05) is 13.8 Å². The Balaban J connectivity index is 0.000000921. The maximum atomic E-state index is 11.0. The largest absolute Gasteiger partial charge is 0.469 e. The summed E-state index contributed by atoms with van der Waals surface area (Å²) in [5.41, 5.74) is 0. The summed E-state index contributed by atoms with van der Waals surface area (Å²) in [6.45, 7) is 8.25. The van der Waals surface area contributed by atoms with Crippen molar-refractivity contribution >= 4 is 5.97 Å². The Morgan fingerprint density at radius 1 is 1.33 bits per heavy atom. The highest BCUT2D eigenvalue weighted by Crippen LogP contribution is 2.26. The second-order valence-electron chi connectivity index (χ2n) is 3.93. The van der Waals surface area contributed by atoms with Crippen molar-refractivity contribution < 1.29 is 14.3 Å². The van der Waals surface area contributed by atoms with Crippen LogP contribution in [0.1, 0.15) is 47.0 Å². The minimum absolute atomic E-state index is 0.0613. The minimum Gasteiger partial charge on any atom is -0.469 e. The molecule has 0 N–H and O–H groups in total. The molecule has 3 heteroatoms. The summed E-state index contributed by atoms with van der Waals surface area (Å²) in [6, 6.07) is 0. The molecule has 3 nitrogen and oxygen atoms in total. The summed E-state index contributed by atoms with van der Waals surface area (Å²) in [4.78, 5) is 11.0. The first-order valence-electron chi connectivity index (χ1n) is 5.84. The summed E-state index contributed by atoms with van der Waals surface area (Å²) < 4.78 is 10.2. The van der Waals surface area contributed by atoms with Crippen LogP contribution in [0.2, 0.25) is 0 Å². The van der Waals surface area contributed by atoms with Gasteiger partial charge in [0, 0.05) is 0 Å². The topological polar surface area (TPSA) is 35.5 Å². The van der Waals surface area contributed by atoms with Gasteiger partial charge in [-0.25, -0.2) is 0 Å². The Bertz CT molecular complexity index is 170. The van der Waals surface area contributed by atoms with Gasteiger partial charge in [0.1, 0.15) is 0 Å². The highest BCUT2D eigenvalue weighted by atomic mass is 16.5. The van der Waals surface area contributed by atoms with Crippen LogP contribution < -0.4 is 0 Å². The van der Waals surface area contributed by atoms with E-state index >= 15 is 0 Å². The fourth-order valence-electron chi connectivity index (χ4n) is 1.95. The predicted molar refractivity (Wildman–Crippen MR) is 60.7 cm³/mol. The van der Waals surface area contributed by atoms with Gasteiger partial charge < -0.3 is 9.47 Å². The van der Waals surface area contributed by atoms with Crippen molar-refractivity contribution in [2.75, 3.05) is 7.11 Å². The monoisotopic (exact) mass is 216 g/mol. The average Bonchev–Trinajstić information content (AvgIpc) is 2.19. The molecule has 0 amide bonds. The lowest BCUT2D eigenvalue weighted by molar-refractivity contribution is -0.147. The Kier molecular flexibility index (Phi) is 7.39. The summed E-state index contributed by atoms with van der Waals surface area (Å²) in [5, 5.41) is 0. The van der Waals surface area contributed by atoms with Crippen LogP contribution in [0.3, 0.4) is 0 Å². The van der Waals surface area contributed by atoms with Crippen LogP contribution in [0.25, 0.3) is 0 Å². The van der Waals surface area contributed by atoms with Crippen molar-refractivity contribution in [3.05, 3.63) is 0 Å². The number of carbonyl (C=O) groups excluding carboxylic acids is 1. The molecule has 1 heterocycles. The number of hydrogen-bond acceptors (Lipinski definition) is 3. The molecule has 0 spiro atoms. The van der Waals surface area contributed by atoms with E-state index in [9.17, 15) is 4.79 Å². The minimum atomic E-state index is -0.175. The summed E-state index contributed by atoms with van der Waals surface area (Å²) >= 11 is 0. The number of hydrogen-bond donors (Lipinski definition) is 0. The molecule has 1 aliphatic heterocycles. The second kappa shape index (κ2) is 7.69. The van der Waals surface area contributed by atoms with Crippen molar-refractivity contribution in [2.24, 2.45) is 5.92 Å². The average molecular weight is 216 g/mol.